The van der Waals surface area contributed by atoms with Gasteiger partial charge in [0.2, 0.25) is 0 Å². The lowest BCUT2D eigenvalue weighted by Crippen LogP contribution is -3.00. The van der Waals surface area contributed by atoms with Gasteiger partial charge >= 0.3 is 11.5 Å². The van der Waals surface area contributed by atoms with E-state index < -0.39 is 6.36 Å². The van der Waals surface area contributed by atoms with Crippen LogP contribution in [0.25, 0.3) is 10.2 Å². The van der Waals surface area contributed by atoms with Crippen molar-refractivity contribution in [2.24, 2.45) is 0 Å². The molecular formula is C11H12BrF3N2O2S. The first-order chi connectivity index (χ1) is 8.90. The van der Waals surface area contributed by atoms with Crippen molar-refractivity contribution >= 4 is 26.7 Å². The fourth-order valence-electron chi connectivity index (χ4n) is 1.74. The quantitative estimate of drug-likeness (QED) is 0.680. The van der Waals surface area contributed by atoms with Crippen molar-refractivity contribution in [3.8, 4) is 5.75 Å². The molecule has 1 heterocycles. The number of halogens is 4. The molecule has 0 saturated heterocycles. The number of aryl methyl sites for hydroxylation is 1. The minimum Gasteiger partial charge on any atom is -1.00 e. The van der Waals surface area contributed by atoms with Gasteiger partial charge in [0.1, 0.15) is 11.3 Å². The summed E-state index contributed by atoms with van der Waals surface area (Å²) >= 11 is 1.18. The van der Waals surface area contributed by atoms with Gasteiger partial charge in [-0.2, -0.15) is 0 Å². The molecule has 0 unspecified atom stereocenters. The first-order valence-corrected chi connectivity index (χ1v) is 6.31. The number of benzene rings is 1. The van der Waals surface area contributed by atoms with Gasteiger partial charge in [-0.05, 0) is 23.5 Å². The zero-order valence-corrected chi connectivity index (χ0v) is 12.6. The topological polar surface area (TPSA) is 59.4 Å². The Morgan fingerprint density at radius 3 is 2.65 bits per heavy atom. The van der Waals surface area contributed by atoms with Gasteiger partial charge in [-0.3, -0.25) is 5.73 Å². The van der Waals surface area contributed by atoms with Gasteiger partial charge in [0.05, 0.1) is 11.2 Å². The molecule has 0 saturated carbocycles. The summed E-state index contributed by atoms with van der Waals surface area (Å²) in [6.07, 6.45) is -4.18. The summed E-state index contributed by atoms with van der Waals surface area (Å²) in [5.74, 6) is -0.268. The molecule has 0 fully saturated rings. The Kier molecular flexibility index (Phi) is 5.60. The molecule has 20 heavy (non-hydrogen) atoms. The number of ether oxygens (including phenoxy) is 1. The molecule has 0 bridgehead atoms. The van der Waals surface area contributed by atoms with Crippen molar-refractivity contribution in [3.63, 3.8) is 0 Å². The van der Waals surface area contributed by atoms with Gasteiger partial charge in [0, 0.05) is 19.1 Å². The van der Waals surface area contributed by atoms with Crippen molar-refractivity contribution in [2.75, 3.05) is 12.3 Å². The highest BCUT2D eigenvalue weighted by molar-refractivity contribution is 7.21. The van der Waals surface area contributed by atoms with E-state index in [1.165, 1.54) is 29.5 Å². The Labute approximate surface area is 127 Å². The van der Waals surface area contributed by atoms with E-state index in [1.807, 2.05) is 0 Å². The molecule has 0 aliphatic heterocycles. The fourth-order valence-corrected chi connectivity index (χ4v) is 2.73. The average molecular weight is 373 g/mol. The number of rotatable bonds is 4. The van der Waals surface area contributed by atoms with E-state index >= 15 is 0 Å². The second kappa shape index (κ2) is 6.59. The highest BCUT2D eigenvalue weighted by Gasteiger charge is 2.31. The molecule has 0 atom stereocenters. The molecule has 0 radical (unpaired) electrons. The third kappa shape index (κ3) is 3.97. The number of nitrogens with two attached hydrogens (primary N) is 1. The number of alkyl halides is 3. The number of thiazole rings is 1. The predicted octanol–water partition coefficient (Wildman–Crippen LogP) is -0.944. The van der Waals surface area contributed by atoms with Gasteiger partial charge in [-0.25, -0.2) is 4.57 Å². The summed E-state index contributed by atoms with van der Waals surface area (Å²) in [4.78, 5) is 0. The van der Waals surface area contributed by atoms with Crippen molar-refractivity contribution < 1.29 is 44.6 Å². The van der Waals surface area contributed by atoms with Crippen molar-refractivity contribution in [1.29, 1.82) is 0 Å². The summed E-state index contributed by atoms with van der Waals surface area (Å²) in [5.41, 5.74) is 6.54. The van der Waals surface area contributed by atoms with Gasteiger partial charge < -0.3 is 26.8 Å². The monoisotopic (exact) mass is 372 g/mol. The van der Waals surface area contributed by atoms with Gasteiger partial charge in [0.15, 0.2) is 0 Å². The Morgan fingerprint density at radius 1 is 1.35 bits per heavy atom. The molecule has 3 N–H and O–H groups in total. The van der Waals surface area contributed by atoms with Gasteiger partial charge in [-0.15, -0.1) is 13.2 Å². The normalized spacial score (nSPS) is 11.4. The Bertz CT molecular complexity index is 589. The number of aromatic nitrogens is 1. The van der Waals surface area contributed by atoms with Crippen LogP contribution < -0.4 is 32.0 Å². The number of nitrogens with zero attached hydrogens (tertiary/aromatic N) is 1. The van der Waals surface area contributed by atoms with E-state index in [1.54, 1.807) is 4.57 Å². The zero-order valence-electron chi connectivity index (χ0n) is 10.2. The number of aliphatic hydroxyl groups excluding tert-OH is 1. The fraction of sp³-hybridized carbons (Fsp3) is 0.364. The largest absolute Gasteiger partial charge is 1.00 e. The molecule has 4 nitrogen and oxygen atoms in total. The smallest absolute Gasteiger partial charge is 0.573 e. The molecule has 0 aliphatic rings. The second-order valence-corrected chi connectivity index (χ2v) is 4.91. The van der Waals surface area contributed by atoms with E-state index in [2.05, 4.69) is 4.74 Å². The van der Waals surface area contributed by atoms with Crippen LogP contribution in [0.5, 0.6) is 5.75 Å². The van der Waals surface area contributed by atoms with Crippen molar-refractivity contribution in [2.45, 2.75) is 19.3 Å². The SMILES string of the molecule is Nc1sc2cc(OC(F)(F)F)ccc2[n+]1CCCO.[Br-]. The Morgan fingerprint density at radius 2 is 2.05 bits per heavy atom. The van der Waals surface area contributed by atoms with Crippen LogP contribution in [-0.4, -0.2) is 18.1 Å². The van der Waals surface area contributed by atoms with Gasteiger partial charge in [-0.1, -0.05) is 0 Å². The van der Waals surface area contributed by atoms with Crippen LogP contribution in [0.3, 0.4) is 0 Å². The minimum atomic E-state index is -4.71. The first kappa shape index (κ1) is 17.0. The highest BCUT2D eigenvalue weighted by Crippen LogP contribution is 2.29. The lowest BCUT2D eigenvalue weighted by molar-refractivity contribution is -0.654. The van der Waals surface area contributed by atoms with E-state index in [4.69, 9.17) is 10.8 Å². The molecule has 0 spiro atoms. The Balaban J connectivity index is 0.00000200. The summed E-state index contributed by atoms with van der Waals surface area (Å²) in [6, 6.07) is 4.08. The highest BCUT2D eigenvalue weighted by atomic mass is 79.9. The lowest BCUT2D eigenvalue weighted by Gasteiger charge is -2.08. The number of hydrogen-bond donors (Lipinski definition) is 2. The third-order valence-corrected chi connectivity index (χ3v) is 3.45. The summed E-state index contributed by atoms with van der Waals surface area (Å²) in [6.45, 7) is 0.543. The van der Waals surface area contributed by atoms with Crippen LogP contribution in [0.4, 0.5) is 18.3 Å². The predicted molar refractivity (Wildman–Crippen MR) is 64.8 cm³/mol. The van der Waals surface area contributed by atoms with E-state index in [0.29, 0.717) is 22.8 Å². The molecular weight excluding hydrogens is 361 g/mol. The molecule has 1 aromatic heterocycles. The maximum atomic E-state index is 12.1. The number of fused-ring (bicyclic) bond motifs is 1. The number of hydrogen-bond acceptors (Lipinski definition) is 4. The molecule has 2 aromatic rings. The minimum absolute atomic E-state index is 0. The third-order valence-electron chi connectivity index (χ3n) is 2.48. The van der Waals surface area contributed by atoms with Gasteiger partial charge in [0.25, 0.3) is 0 Å². The number of anilines is 1. The number of nitrogen functional groups attached to an aromatic ring is 1. The molecule has 0 amide bonds. The molecule has 112 valence electrons. The van der Waals surface area contributed by atoms with Crippen LogP contribution in [-0.2, 0) is 6.54 Å². The molecule has 1 aromatic carbocycles. The van der Waals surface area contributed by atoms with E-state index in [9.17, 15) is 13.2 Å². The van der Waals surface area contributed by atoms with Crippen LogP contribution in [0.15, 0.2) is 18.2 Å². The maximum absolute atomic E-state index is 12.1. The lowest BCUT2D eigenvalue weighted by atomic mass is 10.3. The molecule has 9 heteroatoms. The summed E-state index contributed by atoms with van der Waals surface area (Å²) < 4.78 is 42.6. The van der Waals surface area contributed by atoms with E-state index in [-0.39, 0.29) is 29.3 Å². The van der Waals surface area contributed by atoms with Crippen LogP contribution in [0.1, 0.15) is 6.42 Å². The van der Waals surface area contributed by atoms with Crippen LogP contribution >= 0.6 is 11.3 Å². The van der Waals surface area contributed by atoms with Crippen LogP contribution in [0, 0.1) is 0 Å². The molecule has 2 rings (SSSR count). The summed E-state index contributed by atoms with van der Waals surface area (Å²) in [7, 11) is 0. The zero-order chi connectivity index (χ0) is 14.0. The molecule has 0 aliphatic carbocycles. The van der Waals surface area contributed by atoms with Crippen molar-refractivity contribution in [1.82, 2.24) is 0 Å². The van der Waals surface area contributed by atoms with Crippen LogP contribution in [0.2, 0.25) is 0 Å². The maximum Gasteiger partial charge on any atom is 0.573 e. The number of aliphatic hydroxyl groups is 1. The standard InChI is InChI=1S/C11H11F3N2O2S.BrH/c12-11(13,14)18-7-2-3-8-9(6-7)19-10(15)16(8)4-1-5-17;/h2-3,6,15,17H,1,4-5H2;1H. The average Bonchev–Trinajstić information content (AvgIpc) is 2.59. The second-order valence-electron chi connectivity index (χ2n) is 3.85. The Hall–Kier alpha value is -1.06. The van der Waals surface area contributed by atoms with Crippen molar-refractivity contribution in [3.05, 3.63) is 18.2 Å². The first-order valence-electron chi connectivity index (χ1n) is 5.49. The van der Waals surface area contributed by atoms with E-state index in [0.717, 1.165) is 5.52 Å². The summed E-state index contributed by atoms with van der Waals surface area (Å²) in [5, 5.41) is 9.28.